The lowest BCUT2D eigenvalue weighted by Crippen LogP contribution is -2.41. The van der Waals surface area contributed by atoms with E-state index in [0.717, 1.165) is 0 Å². The van der Waals surface area contributed by atoms with Gasteiger partial charge in [0.05, 0.1) is 48.7 Å². The molecule has 202 valence electrons. The molecule has 0 fully saturated rings. The Morgan fingerprint density at radius 1 is 0.974 bits per heavy atom. The van der Waals surface area contributed by atoms with Crippen molar-refractivity contribution in [2.45, 2.75) is 38.7 Å². The molecule has 0 spiro atoms. The minimum absolute atomic E-state index is 0.0384. The molecule has 1 amide bonds. The summed E-state index contributed by atoms with van der Waals surface area (Å²) in [4.78, 5) is 42.4. The van der Waals surface area contributed by atoms with Crippen LogP contribution in [0.15, 0.2) is 71.2 Å². The Bertz CT molecular complexity index is 1430. The average molecular weight is 531 g/mol. The Kier molecular flexibility index (Phi) is 7.36. The molecule has 10 heteroatoms. The van der Waals surface area contributed by atoms with E-state index in [1.165, 1.54) is 24.0 Å². The van der Waals surface area contributed by atoms with Crippen molar-refractivity contribution in [2.75, 3.05) is 30.6 Å². The SMILES string of the molecule is COC(=O)C1=C(C(=O)OC)N(c2cccc3c2CCN3C(=O)OC(C)(C)C)C(N)=C(C#N)C1c1ccccc1. The molecule has 2 aromatic carbocycles. The number of hydrogen-bond acceptors (Lipinski definition) is 9. The lowest BCUT2D eigenvalue weighted by atomic mass is 9.80. The fourth-order valence-electron chi connectivity index (χ4n) is 4.90. The van der Waals surface area contributed by atoms with E-state index in [2.05, 4.69) is 6.07 Å². The molecule has 2 aliphatic heterocycles. The first-order valence-electron chi connectivity index (χ1n) is 12.3. The number of nitrogens with two attached hydrogens (primary N) is 1. The number of carbonyl (C=O) groups is 3. The molecule has 2 aromatic rings. The second kappa shape index (κ2) is 10.5. The van der Waals surface area contributed by atoms with Gasteiger partial charge in [0.2, 0.25) is 0 Å². The quantitative estimate of drug-likeness (QED) is 0.461. The third-order valence-corrected chi connectivity index (χ3v) is 6.47. The van der Waals surface area contributed by atoms with Crippen molar-refractivity contribution in [3.05, 3.63) is 82.3 Å². The van der Waals surface area contributed by atoms with Crippen LogP contribution in [-0.2, 0) is 30.2 Å². The molecular formula is C29H30N4O6. The van der Waals surface area contributed by atoms with Crippen molar-refractivity contribution in [3.8, 4) is 6.07 Å². The second-order valence-electron chi connectivity index (χ2n) is 9.99. The van der Waals surface area contributed by atoms with Gasteiger partial charge in [-0.1, -0.05) is 36.4 Å². The van der Waals surface area contributed by atoms with Crippen LogP contribution in [0.4, 0.5) is 16.2 Å². The number of amides is 1. The van der Waals surface area contributed by atoms with E-state index in [4.69, 9.17) is 19.9 Å². The Hall–Kier alpha value is -4.78. The van der Waals surface area contributed by atoms with Gasteiger partial charge in [-0.15, -0.1) is 0 Å². The molecule has 0 aliphatic carbocycles. The molecule has 0 radical (unpaired) electrons. The number of allylic oxidation sites excluding steroid dienone is 1. The van der Waals surface area contributed by atoms with Crippen molar-refractivity contribution < 1.29 is 28.6 Å². The first kappa shape index (κ1) is 27.3. The molecule has 0 bridgehead atoms. The maximum Gasteiger partial charge on any atom is 0.414 e. The summed E-state index contributed by atoms with van der Waals surface area (Å²) in [6, 6.07) is 16.1. The Morgan fingerprint density at radius 3 is 2.21 bits per heavy atom. The summed E-state index contributed by atoms with van der Waals surface area (Å²) < 4.78 is 15.8. The Morgan fingerprint density at radius 2 is 1.62 bits per heavy atom. The summed E-state index contributed by atoms with van der Waals surface area (Å²) in [6.07, 6.45) is -0.0954. The molecule has 4 rings (SSSR count). The van der Waals surface area contributed by atoms with Gasteiger partial charge in [-0.2, -0.15) is 5.26 Å². The highest BCUT2D eigenvalue weighted by Gasteiger charge is 2.44. The molecule has 0 saturated carbocycles. The zero-order valence-corrected chi connectivity index (χ0v) is 22.5. The molecular weight excluding hydrogens is 500 g/mol. The van der Waals surface area contributed by atoms with E-state index in [1.807, 2.05) is 0 Å². The number of rotatable bonds is 4. The average Bonchev–Trinajstić information content (AvgIpc) is 3.36. The molecule has 2 aliphatic rings. The van der Waals surface area contributed by atoms with Gasteiger partial charge in [0.1, 0.15) is 17.1 Å². The van der Waals surface area contributed by atoms with Crippen LogP contribution >= 0.6 is 0 Å². The summed E-state index contributed by atoms with van der Waals surface area (Å²) in [5.41, 5.74) is 8.02. The number of nitrogens with zero attached hydrogens (tertiary/aromatic N) is 3. The molecule has 1 atom stereocenters. The monoisotopic (exact) mass is 530 g/mol. The van der Waals surface area contributed by atoms with Crippen LogP contribution in [0.25, 0.3) is 0 Å². The van der Waals surface area contributed by atoms with E-state index in [9.17, 15) is 19.6 Å². The van der Waals surface area contributed by atoms with Crippen LogP contribution in [0.1, 0.15) is 37.8 Å². The number of benzene rings is 2. The lowest BCUT2D eigenvalue weighted by Gasteiger charge is -2.36. The second-order valence-corrected chi connectivity index (χ2v) is 9.99. The Balaban J connectivity index is 1.97. The third kappa shape index (κ3) is 4.91. The number of esters is 2. The summed E-state index contributed by atoms with van der Waals surface area (Å²) in [5.74, 6) is -2.65. The number of nitriles is 1. The van der Waals surface area contributed by atoms with E-state index in [0.29, 0.717) is 35.5 Å². The van der Waals surface area contributed by atoms with Crippen molar-refractivity contribution in [3.63, 3.8) is 0 Å². The van der Waals surface area contributed by atoms with Crippen molar-refractivity contribution >= 4 is 29.4 Å². The van der Waals surface area contributed by atoms with E-state index in [1.54, 1.807) is 69.3 Å². The van der Waals surface area contributed by atoms with Gasteiger partial charge in [-0.05, 0) is 44.9 Å². The number of fused-ring (bicyclic) bond motifs is 1. The number of hydrogen-bond donors (Lipinski definition) is 1. The zero-order chi connectivity index (χ0) is 28.5. The molecule has 0 aromatic heterocycles. The minimum Gasteiger partial charge on any atom is -0.466 e. The summed E-state index contributed by atoms with van der Waals surface area (Å²) in [6.45, 7) is 5.68. The maximum absolute atomic E-state index is 13.4. The highest BCUT2D eigenvalue weighted by atomic mass is 16.6. The van der Waals surface area contributed by atoms with E-state index >= 15 is 0 Å². The maximum atomic E-state index is 13.4. The van der Waals surface area contributed by atoms with Crippen molar-refractivity contribution in [1.82, 2.24) is 0 Å². The first-order chi connectivity index (χ1) is 18.5. The highest BCUT2D eigenvalue weighted by molar-refractivity contribution is 6.07. The number of ether oxygens (including phenoxy) is 3. The standard InChI is InChI=1S/C29H30N4O6/c1-29(2,3)39-28(36)32-15-14-18-20(32)12-9-13-21(18)33-24(27(35)38-5)23(26(34)37-4)22(19(16-30)25(33)31)17-10-7-6-8-11-17/h6-13,22H,14-15,31H2,1-5H3. The highest BCUT2D eigenvalue weighted by Crippen LogP contribution is 2.46. The van der Waals surface area contributed by atoms with Crippen LogP contribution in [0.5, 0.6) is 0 Å². The largest absolute Gasteiger partial charge is 0.466 e. The van der Waals surface area contributed by atoms with Crippen LogP contribution in [-0.4, -0.2) is 44.4 Å². The minimum atomic E-state index is -0.968. The number of methoxy groups -OCH3 is 2. The number of anilines is 2. The molecule has 1 unspecified atom stereocenters. The molecule has 2 N–H and O–H groups in total. The normalized spacial score (nSPS) is 17.0. The predicted octanol–water partition coefficient (Wildman–Crippen LogP) is 3.88. The van der Waals surface area contributed by atoms with Gasteiger partial charge in [0.25, 0.3) is 0 Å². The fraction of sp³-hybridized carbons (Fsp3) is 0.310. The zero-order valence-electron chi connectivity index (χ0n) is 22.5. The van der Waals surface area contributed by atoms with E-state index < -0.39 is 29.6 Å². The third-order valence-electron chi connectivity index (χ3n) is 6.47. The van der Waals surface area contributed by atoms with Gasteiger partial charge in [0, 0.05) is 12.1 Å². The summed E-state index contributed by atoms with van der Waals surface area (Å²) in [5, 5.41) is 10.3. The number of carbonyl (C=O) groups excluding carboxylic acids is 3. The van der Waals surface area contributed by atoms with Gasteiger partial charge in [-0.25, -0.2) is 14.4 Å². The van der Waals surface area contributed by atoms with Crippen LogP contribution in [0.3, 0.4) is 0 Å². The van der Waals surface area contributed by atoms with Crippen molar-refractivity contribution in [2.24, 2.45) is 5.73 Å². The summed E-state index contributed by atoms with van der Waals surface area (Å²) in [7, 11) is 2.39. The van der Waals surface area contributed by atoms with Gasteiger partial charge < -0.3 is 19.9 Å². The van der Waals surface area contributed by atoms with Crippen molar-refractivity contribution in [1.29, 1.82) is 5.26 Å². The lowest BCUT2D eigenvalue weighted by molar-refractivity contribution is -0.139. The predicted molar refractivity (Wildman–Crippen MR) is 143 cm³/mol. The van der Waals surface area contributed by atoms with Gasteiger partial charge in [-0.3, -0.25) is 9.80 Å². The fourth-order valence-corrected chi connectivity index (χ4v) is 4.90. The van der Waals surface area contributed by atoms with Gasteiger partial charge in [0.15, 0.2) is 0 Å². The van der Waals surface area contributed by atoms with E-state index in [-0.39, 0.29) is 22.7 Å². The molecule has 39 heavy (non-hydrogen) atoms. The molecule has 0 saturated heterocycles. The molecule has 2 heterocycles. The molecule has 10 nitrogen and oxygen atoms in total. The Labute approximate surface area is 226 Å². The van der Waals surface area contributed by atoms with Crippen LogP contribution in [0, 0.1) is 11.3 Å². The smallest absolute Gasteiger partial charge is 0.414 e. The van der Waals surface area contributed by atoms with Crippen LogP contribution in [0.2, 0.25) is 0 Å². The first-order valence-corrected chi connectivity index (χ1v) is 12.3. The van der Waals surface area contributed by atoms with Crippen LogP contribution < -0.4 is 15.5 Å². The summed E-state index contributed by atoms with van der Waals surface area (Å²) >= 11 is 0. The van der Waals surface area contributed by atoms with Gasteiger partial charge >= 0.3 is 18.0 Å². The topological polar surface area (TPSA) is 135 Å².